The number of aromatic nitrogens is 1. The van der Waals surface area contributed by atoms with Crippen molar-refractivity contribution in [2.75, 3.05) is 0 Å². The molecule has 138 valence electrons. The molecule has 1 amide bonds. The number of benzene rings is 2. The molecule has 2 aromatic carbocycles. The molecule has 1 aromatic heterocycles. The Kier molecular flexibility index (Phi) is 6.52. The quantitative estimate of drug-likeness (QED) is 0.656. The van der Waals surface area contributed by atoms with E-state index in [4.69, 9.17) is 4.74 Å². The molecule has 0 saturated carbocycles. The van der Waals surface area contributed by atoms with Crippen LogP contribution in [-0.4, -0.2) is 10.9 Å². The normalized spacial score (nSPS) is 10.4. The standard InChI is InChI=1S/C22H21FN2O2/c23-20-9-5-4-8-19(20)10-11-21(26)25-15-18-12-13-24-22(14-18)27-16-17-6-2-1-3-7-17/h1-9,12-14H,10-11,15-16H2,(H,25,26). The minimum Gasteiger partial charge on any atom is -0.473 e. The molecule has 3 aromatic rings. The number of halogens is 1. The summed E-state index contributed by atoms with van der Waals surface area (Å²) in [6.45, 7) is 0.812. The molecule has 4 nitrogen and oxygen atoms in total. The van der Waals surface area contributed by atoms with Gasteiger partial charge in [0.05, 0.1) is 0 Å². The molecule has 0 fully saturated rings. The summed E-state index contributed by atoms with van der Waals surface area (Å²) in [5.41, 5.74) is 2.51. The number of pyridine rings is 1. The Bertz CT molecular complexity index is 884. The number of aryl methyl sites for hydroxylation is 1. The summed E-state index contributed by atoms with van der Waals surface area (Å²) in [7, 11) is 0. The van der Waals surface area contributed by atoms with Gasteiger partial charge in [0.2, 0.25) is 11.8 Å². The first-order chi connectivity index (χ1) is 13.2. The molecular formula is C22H21FN2O2. The van der Waals surface area contributed by atoms with E-state index in [1.807, 2.05) is 36.4 Å². The minimum atomic E-state index is -0.278. The second kappa shape index (κ2) is 9.48. The van der Waals surface area contributed by atoms with E-state index in [1.54, 1.807) is 30.5 Å². The third kappa shape index (κ3) is 5.92. The fourth-order valence-electron chi connectivity index (χ4n) is 2.61. The molecule has 1 heterocycles. The molecule has 0 aliphatic heterocycles. The van der Waals surface area contributed by atoms with Crippen molar-refractivity contribution in [2.45, 2.75) is 26.0 Å². The average Bonchev–Trinajstić information content (AvgIpc) is 2.71. The number of amides is 1. The topological polar surface area (TPSA) is 51.2 Å². The Morgan fingerprint density at radius 1 is 1.00 bits per heavy atom. The highest BCUT2D eigenvalue weighted by molar-refractivity contribution is 5.76. The maximum atomic E-state index is 13.6. The molecule has 0 aliphatic rings. The second-order valence-corrected chi connectivity index (χ2v) is 6.14. The van der Waals surface area contributed by atoms with Crippen molar-refractivity contribution in [3.8, 4) is 5.88 Å². The van der Waals surface area contributed by atoms with E-state index < -0.39 is 0 Å². The van der Waals surface area contributed by atoms with Crippen LogP contribution in [0.1, 0.15) is 23.1 Å². The number of hydrogen-bond donors (Lipinski definition) is 1. The van der Waals surface area contributed by atoms with E-state index in [1.165, 1.54) is 6.07 Å². The van der Waals surface area contributed by atoms with Gasteiger partial charge in [0.25, 0.3) is 0 Å². The van der Waals surface area contributed by atoms with Gasteiger partial charge in [-0.15, -0.1) is 0 Å². The number of rotatable bonds is 8. The first kappa shape index (κ1) is 18.6. The molecule has 0 aliphatic carbocycles. The van der Waals surface area contributed by atoms with Gasteiger partial charge in [-0.3, -0.25) is 4.79 Å². The predicted molar refractivity (Wildman–Crippen MR) is 102 cm³/mol. The van der Waals surface area contributed by atoms with Crippen LogP contribution >= 0.6 is 0 Å². The first-order valence-electron chi connectivity index (χ1n) is 8.82. The summed E-state index contributed by atoms with van der Waals surface area (Å²) in [5.74, 6) is 0.110. The minimum absolute atomic E-state index is 0.123. The van der Waals surface area contributed by atoms with Gasteiger partial charge in [0, 0.05) is 25.2 Å². The molecule has 0 radical (unpaired) electrons. The Hall–Kier alpha value is -3.21. The summed E-state index contributed by atoms with van der Waals surface area (Å²) in [6, 6.07) is 20.0. The first-order valence-corrected chi connectivity index (χ1v) is 8.82. The Labute approximate surface area is 158 Å². The molecule has 1 N–H and O–H groups in total. The zero-order valence-electron chi connectivity index (χ0n) is 14.9. The summed E-state index contributed by atoms with van der Waals surface area (Å²) in [6.07, 6.45) is 2.27. The lowest BCUT2D eigenvalue weighted by atomic mass is 10.1. The van der Waals surface area contributed by atoms with Crippen LogP contribution in [0.25, 0.3) is 0 Å². The molecule has 0 bridgehead atoms. The summed E-state index contributed by atoms with van der Waals surface area (Å²) >= 11 is 0. The van der Waals surface area contributed by atoms with E-state index in [0.717, 1.165) is 11.1 Å². The van der Waals surface area contributed by atoms with Gasteiger partial charge >= 0.3 is 0 Å². The number of ether oxygens (including phenoxy) is 1. The SMILES string of the molecule is O=C(CCc1ccccc1F)NCc1ccnc(OCc2ccccc2)c1. The van der Waals surface area contributed by atoms with Crippen molar-refractivity contribution >= 4 is 5.91 Å². The smallest absolute Gasteiger partial charge is 0.220 e. The molecule has 3 rings (SSSR count). The van der Waals surface area contributed by atoms with Gasteiger partial charge < -0.3 is 10.1 Å². The van der Waals surface area contributed by atoms with Gasteiger partial charge in [-0.25, -0.2) is 9.37 Å². The van der Waals surface area contributed by atoms with Gasteiger partial charge in [-0.2, -0.15) is 0 Å². The highest BCUT2D eigenvalue weighted by Gasteiger charge is 2.06. The molecule has 0 unspecified atom stereocenters. The highest BCUT2D eigenvalue weighted by Crippen LogP contribution is 2.12. The van der Waals surface area contributed by atoms with Crippen molar-refractivity contribution in [1.29, 1.82) is 0 Å². The van der Waals surface area contributed by atoms with Crippen LogP contribution in [-0.2, 0) is 24.4 Å². The summed E-state index contributed by atoms with van der Waals surface area (Å²) in [5, 5.41) is 2.84. The van der Waals surface area contributed by atoms with Crippen LogP contribution in [0.4, 0.5) is 4.39 Å². The largest absolute Gasteiger partial charge is 0.473 e. The fraction of sp³-hybridized carbons (Fsp3) is 0.182. The van der Waals surface area contributed by atoms with Crippen LogP contribution in [0.5, 0.6) is 5.88 Å². The summed E-state index contributed by atoms with van der Waals surface area (Å²) < 4.78 is 19.3. The number of carbonyl (C=O) groups excluding carboxylic acids is 1. The lowest BCUT2D eigenvalue weighted by Crippen LogP contribution is -2.23. The number of nitrogens with zero attached hydrogens (tertiary/aromatic N) is 1. The molecule has 0 spiro atoms. The number of hydrogen-bond acceptors (Lipinski definition) is 3. The van der Waals surface area contributed by atoms with E-state index in [2.05, 4.69) is 10.3 Å². The van der Waals surface area contributed by atoms with Crippen molar-refractivity contribution in [3.05, 3.63) is 95.4 Å². The second-order valence-electron chi connectivity index (χ2n) is 6.14. The third-order valence-corrected chi connectivity index (χ3v) is 4.10. The maximum Gasteiger partial charge on any atom is 0.220 e. The highest BCUT2D eigenvalue weighted by atomic mass is 19.1. The molecule has 0 atom stereocenters. The Balaban J connectivity index is 1.46. The van der Waals surface area contributed by atoms with Crippen molar-refractivity contribution < 1.29 is 13.9 Å². The third-order valence-electron chi connectivity index (χ3n) is 4.10. The lowest BCUT2D eigenvalue weighted by molar-refractivity contribution is -0.121. The number of carbonyl (C=O) groups is 1. The van der Waals surface area contributed by atoms with Crippen molar-refractivity contribution in [3.63, 3.8) is 0 Å². The lowest BCUT2D eigenvalue weighted by Gasteiger charge is -2.09. The Morgan fingerprint density at radius 3 is 2.59 bits per heavy atom. The monoisotopic (exact) mass is 364 g/mol. The molecule has 5 heteroatoms. The summed E-state index contributed by atoms with van der Waals surface area (Å²) in [4.78, 5) is 16.2. The molecular weight excluding hydrogens is 343 g/mol. The van der Waals surface area contributed by atoms with Crippen molar-refractivity contribution in [2.24, 2.45) is 0 Å². The molecule has 0 saturated heterocycles. The van der Waals surface area contributed by atoms with Gasteiger partial charge in [0.15, 0.2) is 0 Å². The van der Waals surface area contributed by atoms with E-state index in [-0.39, 0.29) is 18.1 Å². The van der Waals surface area contributed by atoms with Gasteiger partial charge in [-0.1, -0.05) is 48.5 Å². The zero-order chi connectivity index (χ0) is 18.9. The zero-order valence-corrected chi connectivity index (χ0v) is 14.9. The van der Waals surface area contributed by atoms with Gasteiger partial charge in [-0.05, 0) is 35.2 Å². The van der Waals surface area contributed by atoms with E-state index in [9.17, 15) is 9.18 Å². The predicted octanol–water partition coefficient (Wildman–Crippen LogP) is 4.05. The average molecular weight is 364 g/mol. The van der Waals surface area contributed by atoms with Crippen LogP contribution in [0.2, 0.25) is 0 Å². The maximum absolute atomic E-state index is 13.6. The number of nitrogens with one attached hydrogen (secondary N) is 1. The van der Waals surface area contributed by atoms with Crippen LogP contribution < -0.4 is 10.1 Å². The fourth-order valence-corrected chi connectivity index (χ4v) is 2.61. The van der Waals surface area contributed by atoms with Crippen molar-refractivity contribution in [1.82, 2.24) is 10.3 Å². The van der Waals surface area contributed by atoms with Crippen LogP contribution in [0.3, 0.4) is 0 Å². The Morgan fingerprint density at radius 2 is 1.78 bits per heavy atom. The van der Waals surface area contributed by atoms with Crippen LogP contribution in [0, 0.1) is 5.82 Å². The van der Waals surface area contributed by atoms with E-state index in [0.29, 0.717) is 31.0 Å². The van der Waals surface area contributed by atoms with Crippen LogP contribution in [0.15, 0.2) is 72.9 Å². The van der Waals surface area contributed by atoms with Gasteiger partial charge in [0.1, 0.15) is 12.4 Å². The van der Waals surface area contributed by atoms with E-state index >= 15 is 0 Å². The molecule has 27 heavy (non-hydrogen) atoms.